The maximum absolute atomic E-state index is 9.44. The Hall–Kier alpha value is -1.79. The SMILES string of the molecule is N#Cc1cccc(C2=COCC(O)CC2)c1. The van der Waals surface area contributed by atoms with E-state index in [4.69, 9.17) is 10.00 Å². The van der Waals surface area contributed by atoms with Crippen LogP contribution in [0.1, 0.15) is 24.0 Å². The van der Waals surface area contributed by atoms with Crippen LogP contribution in [0.15, 0.2) is 30.5 Å². The van der Waals surface area contributed by atoms with Gasteiger partial charge in [-0.25, -0.2) is 0 Å². The van der Waals surface area contributed by atoms with Crippen LogP contribution in [0.5, 0.6) is 0 Å². The molecule has 0 saturated carbocycles. The molecule has 3 nitrogen and oxygen atoms in total. The molecule has 0 radical (unpaired) electrons. The minimum Gasteiger partial charge on any atom is -0.498 e. The van der Waals surface area contributed by atoms with Crippen molar-refractivity contribution in [2.24, 2.45) is 0 Å². The normalized spacial score (nSPS) is 20.2. The van der Waals surface area contributed by atoms with Crippen LogP contribution in [-0.2, 0) is 4.74 Å². The van der Waals surface area contributed by atoms with Crippen molar-refractivity contribution in [3.8, 4) is 6.07 Å². The maximum Gasteiger partial charge on any atom is 0.113 e. The van der Waals surface area contributed by atoms with Crippen molar-refractivity contribution in [2.75, 3.05) is 6.61 Å². The number of nitrogens with zero attached hydrogens (tertiary/aromatic N) is 1. The number of aliphatic hydroxyl groups excluding tert-OH is 1. The minimum atomic E-state index is -0.395. The molecule has 82 valence electrons. The van der Waals surface area contributed by atoms with E-state index in [0.717, 1.165) is 17.6 Å². The van der Waals surface area contributed by atoms with Crippen LogP contribution in [-0.4, -0.2) is 17.8 Å². The van der Waals surface area contributed by atoms with E-state index in [2.05, 4.69) is 6.07 Å². The van der Waals surface area contributed by atoms with E-state index in [0.29, 0.717) is 18.6 Å². The lowest BCUT2D eigenvalue weighted by molar-refractivity contribution is 0.0851. The predicted octanol–water partition coefficient (Wildman–Crippen LogP) is 2.07. The molecule has 1 unspecified atom stereocenters. The minimum absolute atomic E-state index is 0.349. The first-order chi connectivity index (χ1) is 7.79. The topological polar surface area (TPSA) is 53.2 Å². The zero-order valence-corrected chi connectivity index (χ0v) is 8.89. The van der Waals surface area contributed by atoms with Crippen LogP contribution in [0, 0.1) is 11.3 Å². The Morgan fingerprint density at radius 3 is 3.12 bits per heavy atom. The molecule has 1 aliphatic rings. The van der Waals surface area contributed by atoms with Gasteiger partial charge < -0.3 is 9.84 Å². The van der Waals surface area contributed by atoms with Gasteiger partial charge in [0, 0.05) is 0 Å². The molecule has 16 heavy (non-hydrogen) atoms. The summed E-state index contributed by atoms with van der Waals surface area (Å²) in [5, 5.41) is 18.3. The van der Waals surface area contributed by atoms with Gasteiger partial charge in [0.25, 0.3) is 0 Å². The molecule has 1 N–H and O–H groups in total. The molecule has 2 rings (SSSR count). The number of ether oxygens (including phenoxy) is 1. The summed E-state index contributed by atoms with van der Waals surface area (Å²) in [7, 11) is 0. The lowest BCUT2D eigenvalue weighted by atomic mass is 10.00. The van der Waals surface area contributed by atoms with E-state index >= 15 is 0 Å². The fourth-order valence-corrected chi connectivity index (χ4v) is 1.73. The first kappa shape index (κ1) is 10.7. The third kappa shape index (κ3) is 2.41. The summed E-state index contributed by atoms with van der Waals surface area (Å²) in [6.07, 6.45) is 2.76. The molecular formula is C13H13NO2. The average molecular weight is 215 g/mol. The Morgan fingerprint density at radius 1 is 1.44 bits per heavy atom. The fraction of sp³-hybridized carbons (Fsp3) is 0.308. The number of rotatable bonds is 1. The van der Waals surface area contributed by atoms with Gasteiger partial charge in [-0.15, -0.1) is 0 Å². The van der Waals surface area contributed by atoms with E-state index in [1.807, 2.05) is 18.2 Å². The highest BCUT2D eigenvalue weighted by Gasteiger charge is 2.12. The maximum atomic E-state index is 9.44. The molecule has 1 atom stereocenters. The van der Waals surface area contributed by atoms with Crippen molar-refractivity contribution in [2.45, 2.75) is 18.9 Å². The molecular weight excluding hydrogens is 202 g/mol. The summed E-state index contributed by atoms with van der Waals surface area (Å²) in [6.45, 7) is 0.349. The second-order valence-electron chi connectivity index (χ2n) is 3.86. The smallest absolute Gasteiger partial charge is 0.113 e. The summed E-state index contributed by atoms with van der Waals surface area (Å²) in [5.41, 5.74) is 2.67. The second-order valence-corrected chi connectivity index (χ2v) is 3.86. The highest BCUT2D eigenvalue weighted by Crippen LogP contribution is 2.24. The summed E-state index contributed by atoms with van der Waals surface area (Å²) >= 11 is 0. The van der Waals surface area contributed by atoms with Crippen molar-refractivity contribution in [1.82, 2.24) is 0 Å². The quantitative estimate of drug-likeness (QED) is 0.780. The molecule has 0 bridgehead atoms. The molecule has 0 aliphatic carbocycles. The lowest BCUT2D eigenvalue weighted by Crippen LogP contribution is -2.10. The van der Waals surface area contributed by atoms with E-state index in [1.54, 1.807) is 12.3 Å². The largest absolute Gasteiger partial charge is 0.498 e. The van der Waals surface area contributed by atoms with E-state index < -0.39 is 6.10 Å². The molecule has 0 fully saturated rings. The third-order valence-electron chi connectivity index (χ3n) is 2.62. The number of hydrogen-bond acceptors (Lipinski definition) is 3. The number of allylic oxidation sites excluding steroid dienone is 1. The molecule has 0 saturated heterocycles. The van der Waals surface area contributed by atoms with Crippen LogP contribution in [0.25, 0.3) is 5.57 Å². The Morgan fingerprint density at radius 2 is 2.31 bits per heavy atom. The monoisotopic (exact) mass is 215 g/mol. The van der Waals surface area contributed by atoms with Crippen LogP contribution < -0.4 is 0 Å². The van der Waals surface area contributed by atoms with Gasteiger partial charge in [-0.3, -0.25) is 0 Å². The number of nitriles is 1. The molecule has 1 aromatic rings. The standard InChI is InChI=1S/C13H13NO2/c14-7-10-2-1-3-11(6-10)12-4-5-13(15)9-16-8-12/h1-3,6,8,13,15H,4-5,9H2. The highest BCUT2D eigenvalue weighted by molar-refractivity contribution is 5.66. The predicted molar refractivity (Wildman–Crippen MR) is 60.3 cm³/mol. The molecule has 0 spiro atoms. The Labute approximate surface area is 94.6 Å². The van der Waals surface area contributed by atoms with Crippen molar-refractivity contribution in [1.29, 1.82) is 5.26 Å². The van der Waals surface area contributed by atoms with Gasteiger partial charge in [0.05, 0.1) is 24.0 Å². The highest BCUT2D eigenvalue weighted by atomic mass is 16.5. The number of benzene rings is 1. The third-order valence-corrected chi connectivity index (χ3v) is 2.62. The summed E-state index contributed by atoms with van der Waals surface area (Å²) in [6, 6.07) is 9.54. The van der Waals surface area contributed by atoms with Crippen molar-refractivity contribution < 1.29 is 9.84 Å². The van der Waals surface area contributed by atoms with Gasteiger partial charge in [0.15, 0.2) is 0 Å². The van der Waals surface area contributed by atoms with Crippen LogP contribution in [0.2, 0.25) is 0 Å². The first-order valence-corrected chi connectivity index (χ1v) is 5.29. The Balaban J connectivity index is 2.23. The zero-order valence-electron chi connectivity index (χ0n) is 8.89. The fourth-order valence-electron chi connectivity index (χ4n) is 1.73. The first-order valence-electron chi connectivity index (χ1n) is 5.29. The average Bonchev–Trinajstić information content (AvgIpc) is 2.54. The van der Waals surface area contributed by atoms with Gasteiger partial charge in [-0.05, 0) is 36.1 Å². The van der Waals surface area contributed by atoms with Gasteiger partial charge in [-0.1, -0.05) is 12.1 Å². The van der Waals surface area contributed by atoms with Gasteiger partial charge in [-0.2, -0.15) is 5.26 Å². The molecule has 3 heteroatoms. The summed E-state index contributed by atoms with van der Waals surface area (Å²) in [5.74, 6) is 0. The summed E-state index contributed by atoms with van der Waals surface area (Å²) < 4.78 is 5.25. The van der Waals surface area contributed by atoms with Gasteiger partial charge in [0.2, 0.25) is 0 Å². The van der Waals surface area contributed by atoms with Gasteiger partial charge >= 0.3 is 0 Å². The van der Waals surface area contributed by atoms with Crippen LogP contribution >= 0.6 is 0 Å². The molecule has 0 aromatic heterocycles. The van der Waals surface area contributed by atoms with E-state index in [-0.39, 0.29) is 0 Å². The van der Waals surface area contributed by atoms with Crippen molar-refractivity contribution in [3.63, 3.8) is 0 Å². The van der Waals surface area contributed by atoms with Crippen molar-refractivity contribution in [3.05, 3.63) is 41.7 Å². The zero-order chi connectivity index (χ0) is 11.4. The lowest BCUT2D eigenvalue weighted by Gasteiger charge is -2.05. The Kier molecular flexibility index (Phi) is 3.23. The van der Waals surface area contributed by atoms with Crippen LogP contribution in [0.3, 0.4) is 0 Å². The van der Waals surface area contributed by atoms with E-state index in [9.17, 15) is 5.11 Å². The van der Waals surface area contributed by atoms with Gasteiger partial charge in [0.1, 0.15) is 6.61 Å². The molecule has 1 aliphatic heterocycles. The molecule has 0 amide bonds. The van der Waals surface area contributed by atoms with E-state index in [1.165, 1.54) is 0 Å². The Bertz CT molecular complexity index is 445. The summed E-state index contributed by atoms with van der Waals surface area (Å²) in [4.78, 5) is 0. The van der Waals surface area contributed by atoms with Crippen LogP contribution in [0.4, 0.5) is 0 Å². The number of hydrogen-bond donors (Lipinski definition) is 1. The molecule has 1 aromatic carbocycles. The molecule has 1 heterocycles. The second kappa shape index (κ2) is 4.82. The van der Waals surface area contributed by atoms with Crippen molar-refractivity contribution >= 4 is 5.57 Å². The number of aliphatic hydroxyl groups is 1.